The van der Waals surface area contributed by atoms with Crippen LogP contribution in [0.4, 0.5) is 18.9 Å². The fraction of sp³-hybridized carbons (Fsp3) is 0.214. The van der Waals surface area contributed by atoms with Gasteiger partial charge in [-0.15, -0.1) is 6.58 Å². The van der Waals surface area contributed by atoms with Gasteiger partial charge >= 0.3 is 6.18 Å². The summed E-state index contributed by atoms with van der Waals surface area (Å²) < 4.78 is 37.2. The lowest BCUT2D eigenvalue weighted by Crippen LogP contribution is -2.38. The second-order valence-corrected chi connectivity index (χ2v) is 4.83. The van der Waals surface area contributed by atoms with Crippen molar-refractivity contribution in [2.24, 2.45) is 0 Å². The summed E-state index contributed by atoms with van der Waals surface area (Å²) in [6, 6.07) is 3.79. The zero-order valence-corrected chi connectivity index (χ0v) is 12.5. The lowest BCUT2D eigenvalue weighted by molar-refractivity contribution is -0.384. The Labute approximate surface area is 134 Å². The molecule has 0 aliphatic rings. The molecule has 0 aliphatic heterocycles. The number of hydrogen-bond acceptors (Lipinski definition) is 3. The number of amides is 1. The van der Waals surface area contributed by atoms with Crippen molar-refractivity contribution >= 4 is 29.3 Å². The Kier molecular flexibility index (Phi) is 6.32. The molecule has 1 amide bonds. The molecule has 1 aromatic carbocycles. The molecule has 0 heterocycles. The van der Waals surface area contributed by atoms with Crippen LogP contribution in [0.5, 0.6) is 0 Å². The SMILES string of the molecule is C=CCN(CC(F)(F)F)C(=O)/C=C/c1ccc(Cl)c([N+](=O)[O-])c1. The molecule has 124 valence electrons. The molecular formula is C14H12ClF3N2O3. The molecule has 0 atom stereocenters. The standard InChI is InChI=1S/C14H12ClF3N2O3/c1-2-7-19(9-14(16,17)18)13(21)6-4-10-3-5-11(15)12(8-10)20(22)23/h2-6,8H,1,7,9H2/b6-4+. The number of halogens is 4. The second-order valence-electron chi connectivity index (χ2n) is 4.42. The minimum absolute atomic E-state index is 0.0798. The molecule has 1 aromatic rings. The first-order valence-corrected chi connectivity index (χ1v) is 6.60. The first-order chi connectivity index (χ1) is 10.6. The summed E-state index contributed by atoms with van der Waals surface area (Å²) in [5.74, 6) is -0.889. The Balaban J connectivity index is 2.93. The van der Waals surface area contributed by atoms with Gasteiger partial charge < -0.3 is 4.90 Å². The Bertz CT molecular complexity index is 645. The Morgan fingerprint density at radius 2 is 2.09 bits per heavy atom. The van der Waals surface area contributed by atoms with Crippen LogP contribution in [0.15, 0.2) is 36.9 Å². The normalized spacial score (nSPS) is 11.5. The summed E-state index contributed by atoms with van der Waals surface area (Å²) in [4.78, 5) is 22.4. The van der Waals surface area contributed by atoms with Crippen LogP contribution in [0, 0.1) is 10.1 Å². The van der Waals surface area contributed by atoms with Gasteiger partial charge in [0.15, 0.2) is 0 Å². The summed E-state index contributed by atoms with van der Waals surface area (Å²) >= 11 is 5.64. The van der Waals surface area contributed by atoms with Gasteiger partial charge in [0, 0.05) is 18.7 Å². The van der Waals surface area contributed by atoms with E-state index < -0.39 is 23.6 Å². The predicted octanol–water partition coefficient (Wildman–Crippen LogP) is 3.84. The maximum atomic E-state index is 12.4. The van der Waals surface area contributed by atoms with Gasteiger partial charge in [0.25, 0.3) is 5.69 Å². The number of benzene rings is 1. The third-order valence-electron chi connectivity index (χ3n) is 2.62. The molecule has 0 radical (unpaired) electrons. The molecule has 0 aliphatic carbocycles. The van der Waals surface area contributed by atoms with Crippen LogP contribution in [0.1, 0.15) is 5.56 Å². The van der Waals surface area contributed by atoms with Crippen LogP contribution in [0.25, 0.3) is 6.08 Å². The van der Waals surface area contributed by atoms with E-state index >= 15 is 0 Å². The average molecular weight is 349 g/mol. The van der Waals surface area contributed by atoms with Crippen molar-refractivity contribution in [3.63, 3.8) is 0 Å². The van der Waals surface area contributed by atoms with Crippen LogP contribution in [0.3, 0.4) is 0 Å². The summed E-state index contributed by atoms with van der Waals surface area (Å²) in [5, 5.41) is 10.7. The Hall–Kier alpha value is -2.35. The van der Waals surface area contributed by atoms with Crippen LogP contribution in [-0.2, 0) is 4.79 Å². The fourth-order valence-electron chi connectivity index (χ4n) is 1.65. The molecule has 9 heteroatoms. The highest BCUT2D eigenvalue weighted by Gasteiger charge is 2.31. The number of hydrogen-bond donors (Lipinski definition) is 0. The first kappa shape index (κ1) is 18.7. The summed E-state index contributed by atoms with van der Waals surface area (Å²) in [5.41, 5.74) is -0.0977. The van der Waals surface area contributed by atoms with Crippen LogP contribution >= 0.6 is 11.6 Å². The van der Waals surface area contributed by atoms with Gasteiger partial charge in [0.1, 0.15) is 11.6 Å². The fourth-order valence-corrected chi connectivity index (χ4v) is 1.84. The third-order valence-corrected chi connectivity index (χ3v) is 2.94. The molecule has 0 fully saturated rings. The summed E-state index contributed by atoms with van der Waals surface area (Å²) in [6.45, 7) is 1.61. The second kappa shape index (κ2) is 7.77. The molecular weight excluding hydrogens is 337 g/mol. The minimum atomic E-state index is -4.54. The zero-order valence-electron chi connectivity index (χ0n) is 11.7. The van der Waals surface area contributed by atoms with Crippen LogP contribution in [0.2, 0.25) is 5.02 Å². The van der Waals surface area contributed by atoms with E-state index in [4.69, 9.17) is 11.6 Å². The van der Waals surface area contributed by atoms with E-state index in [1.54, 1.807) is 0 Å². The number of rotatable bonds is 6. The van der Waals surface area contributed by atoms with E-state index in [-0.39, 0.29) is 22.8 Å². The highest BCUT2D eigenvalue weighted by molar-refractivity contribution is 6.32. The number of nitro groups is 1. The lowest BCUT2D eigenvalue weighted by atomic mass is 10.2. The van der Waals surface area contributed by atoms with Crippen molar-refractivity contribution in [1.29, 1.82) is 0 Å². The topological polar surface area (TPSA) is 63.5 Å². The molecule has 23 heavy (non-hydrogen) atoms. The van der Waals surface area contributed by atoms with E-state index in [0.29, 0.717) is 4.90 Å². The van der Waals surface area contributed by atoms with Crippen molar-refractivity contribution in [3.8, 4) is 0 Å². The maximum Gasteiger partial charge on any atom is 0.406 e. The number of nitro benzene ring substituents is 1. The molecule has 0 N–H and O–H groups in total. The quantitative estimate of drug-likeness (QED) is 0.339. The van der Waals surface area contributed by atoms with Gasteiger partial charge in [-0.1, -0.05) is 23.7 Å². The van der Waals surface area contributed by atoms with Crippen molar-refractivity contribution < 1.29 is 22.9 Å². The van der Waals surface area contributed by atoms with Crippen molar-refractivity contribution in [3.05, 3.63) is 57.6 Å². The number of carbonyl (C=O) groups excluding carboxylic acids is 1. The van der Waals surface area contributed by atoms with Gasteiger partial charge in [0.05, 0.1) is 4.92 Å². The number of carbonyl (C=O) groups is 1. The smallest absolute Gasteiger partial charge is 0.326 e. The average Bonchev–Trinajstić information content (AvgIpc) is 2.44. The van der Waals surface area contributed by atoms with Gasteiger partial charge in [-0.3, -0.25) is 14.9 Å². The zero-order chi connectivity index (χ0) is 17.6. The van der Waals surface area contributed by atoms with Crippen molar-refractivity contribution in [2.75, 3.05) is 13.1 Å². The highest BCUT2D eigenvalue weighted by Crippen LogP contribution is 2.25. The molecule has 0 saturated heterocycles. The van der Waals surface area contributed by atoms with E-state index in [2.05, 4.69) is 6.58 Å². The Morgan fingerprint density at radius 3 is 2.61 bits per heavy atom. The van der Waals surface area contributed by atoms with E-state index in [1.807, 2.05) is 0 Å². The number of alkyl halides is 3. The lowest BCUT2D eigenvalue weighted by Gasteiger charge is -2.20. The van der Waals surface area contributed by atoms with Gasteiger partial charge in [-0.2, -0.15) is 13.2 Å². The van der Waals surface area contributed by atoms with Gasteiger partial charge in [-0.05, 0) is 17.7 Å². The summed E-state index contributed by atoms with van der Waals surface area (Å²) in [6.07, 6.45) is -1.28. The van der Waals surface area contributed by atoms with E-state index in [9.17, 15) is 28.1 Å². The monoisotopic (exact) mass is 348 g/mol. The third kappa shape index (κ3) is 6.11. The van der Waals surface area contributed by atoms with E-state index in [1.165, 1.54) is 24.3 Å². The molecule has 0 saturated carbocycles. The van der Waals surface area contributed by atoms with Gasteiger partial charge in [-0.25, -0.2) is 0 Å². The molecule has 1 rings (SSSR count). The summed E-state index contributed by atoms with van der Waals surface area (Å²) in [7, 11) is 0. The van der Waals surface area contributed by atoms with Crippen LogP contribution < -0.4 is 0 Å². The Morgan fingerprint density at radius 1 is 1.43 bits per heavy atom. The maximum absolute atomic E-state index is 12.4. The molecule has 0 aromatic heterocycles. The molecule has 0 spiro atoms. The largest absolute Gasteiger partial charge is 0.406 e. The van der Waals surface area contributed by atoms with Crippen molar-refractivity contribution in [2.45, 2.75) is 6.18 Å². The predicted molar refractivity (Wildman–Crippen MR) is 80.0 cm³/mol. The van der Waals surface area contributed by atoms with Gasteiger partial charge in [0.2, 0.25) is 5.91 Å². The molecule has 0 unspecified atom stereocenters. The minimum Gasteiger partial charge on any atom is -0.326 e. The molecule has 0 bridgehead atoms. The van der Waals surface area contributed by atoms with Crippen LogP contribution in [-0.4, -0.2) is 35.0 Å². The van der Waals surface area contributed by atoms with Crippen molar-refractivity contribution in [1.82, 2.24) is 4.90 Å². The highest BCUT2D eigenvalue weighted by atomic mass is 35.5. The molecule has 5 nitrogen and oxygen atoms in total. The number of nitrogens with zero attached hydrogens (tertiary/aromatic N) is 2. The van der Waals surface area contributed by atoms with E-state index in [0.717, 1.165) is 12.1 Å². The first-order valence-electron chi connectivity index (χ1n) is 6.22.